The first-order chi connectivity index (χ1) is 12.1. The monoisotopic (exact) mass is 429 g/mol. The fourth-order valence-corrected chi connectivity index (χ4v) is 6.79. The van der Waals surface area contributed by atoms with Crippen LogP contribution in [0.25, 0.3) is 0 Å². The highest BCUT2D eigenvalue weighted by Crippen LogP contribution is 2.39. The van der Waals surface area contributed by atoms with Gasteiger partial charge < -0.3 is 15.2 Å². The average molecular weight is 430 g/mol. The third-order valence-electron chi connectivity index (χ3n) is 3.53. The molecule has 0 unspecified atom stereocenters. The number of primary sulfonamides is 1. The summed E-state index contributed by atoms with van der Waals surface area (Å²) in [6.45, 7) is 5.51. The summed E-state index contributed by atoms with van der Waals surface area (Å²) < 4.78 is 54.8. The van der Waals surface area contributed by atoms with E-state index in [2.05, 4.69) is 5.32 Å². The van der Waals surface area contributed by atoms with Gasteiger partial charge in [0.25, 0.3) is 10.0 Å². The number of aliphatic hydroxyl groups excluding tert-OH is 1. The van der Waals surface area contributed by atoms with E-state index in [1.807, 2.05) is 6.92 Å². The van der Waals surface area contributed by atoms with Gasteiger partial charge in [-0.1, -0.05) is 6.92 Å². The van der Waals surface area contributed by atoms with E-state index in [-0.39, 0.29) is 27.6 Å². The van der Waals surface area contributed by atoms with Crippen LogP contribution in [0.2, 0.25) is 0 Å². The summed E-state index contributed by atoms with van der Waals surface area (Å²) >= 11 is 0.708. The second-order valence-electron chi connectivity index (χ2n) is 5.49. The molecule has 12 heteroatoms. The first kappa shape index (κ1) is 23.4. The van der Waals surface area contributed by atoms with Crippen LogP contribution in [0.1, 0.15) is 31.9 Å². The van der Waals surface area contributed by atoms with Crippen molar-refractivity contribution in [3.8, 4) is 0 Å². The molecule has 0 aliphatic carbocycles. The molecule has 0 saturated heterocycles. The maximum absolute atomic E-state index is 12.7. The number of hydrogen-bond acceptors (Lipinski definition) is 8. The number of methoxy groups -OCH3 is 1. The first-order valence-electron chi connectivity index (χ1n) is 8.13. The number of nitrogens with two attached hydrogens (primary N) is 1. The van der Waals surface area contributed by atoms with Crippen molar-refractivity contribution in [2.45, 2.75) is 34.7 Å². The van der Waals surface area contributed by atoms with Gasteiger partial charge in [0.05, 0.1) is 0 Å². The molecule has 1 aromatic heterocycles. The topological polar surface area (TPSA) is 139 Å². The molecule has 1 aromatic rings. The van der Waals surface area contributed by atoms with E-state index in [4.69, 9.17) is 15.0 Å². The van der Waals surface area contributed by atoms with Gasteiger partial charge in [-0.2, -0.15) is 4.31 Å². The van der Waals surface area contributed by atoms with Gasteiger partial charge in [-0.25, -0.2) is 22.0 Å². The molecule has 0 radical (unpaired) electrons. The Hall–Kier alpha value is -0.600. The number of rotatable bonds is 7. The van der Waals surface area contributed by atoms with Crippen LogP contribution in [0, 0.1) is 0 Å². The zero-order valence-corrected chi connectivity index (χ0v) is 17.6. The van der Waals surface area contributed by atoms with E-state index in [9.17, 15) is 16.8 Å². The van der Waals surface area contributed by atoms with Gasteiger partial charge in [-0.3, -0.25) is 0 Å². The molecule has 0 aromatic carbocycles. The largest absolute Gasteiger partial charge is 0.397 e. The fourth-order valence-electron chi connectivity index (χ4n) is 2.49. The summed E-state index contributed by atoms with van der Waals surface area (Å²) in [4.78, 5) is 0. The lowest BCUT2D eigenvalue weighted by Gasteiger charge is -2.32. The normalized spacial score (nSPS) is 19.5. The van der Waals surface area contributed by atoms with E-state index in [1.54, 1.807) is 14.0 Å². The van der Waals surface area contributed by atoms with Gasteiger partial charge >= 0.3 is 0 Å². The number of hydrogen-bond donors (Lipinski definition) is 3. The fraction of sp³-hybridized carbons (Fsp3) is 0.714. The Bertz CT molecular complexity index is 776. The molecule has 1 aliphatic heterocycles. The summed E-state index contributed by atoms with van der Waals surface area (Å²) in [5.74, 6) is 0. The highest BCUT2D eigenvalue weighted by Gasteiger charge is 2.39. The number of fused-ring (bicyclic) bond motifs is 1. The second-order valence-corrected chi connectivity index (χ2v) is 10.5. The predicted molar refractivity (Wildman–Crippen MR) is 100 cm³/mol. The van der Waals surface area contributed by atoms with Crippen LogP contribution >= 0.6 is 11.3 Å². The van der Waals surface area contributed by atoms with Crippen LogP contribution in [-0.2, 0) is 24.8 Å². The molecule has 26 heavy (non-hydrogen) atoms. The zero-order chi connectivity index (χ0) is 20.0. The smallest absolute Gasteiger partial charge is 0.252 e. The van der Waals surface area contributed by atoms with E-state index >= 15 is 0 Å². The molecule has 1 atom stereocenters. The summed E-state index contributed by atoms with van der Waals surface area (Å²) in [6.07, 6.45) is 0.567. The quantitative estimate of drug-likeness (QED) is 0.522. The Morgan fingerprint density at radius 3 is 2.58 bits per heavy atom. The molecule has 4 N–H and O–H groups in total. The highest BCUT2D eigenvalue weighted by molar-refractivity contribution is 7.94. The highest BCUT2D eigenvalue weighted by atomic mass is 32.3. The molecule has 152 valence electrons. The minimum absolute atomic E-state index is 0.0520. The molecule has 1 aliphatic rings. The van der Waals surface area contributed by atoms with Crippen molar-refractivity contribution < 1.29 is 26.7 Å². The van der Waals surface area contributed by atoms with Gasteiger partial charge in [-0.15, -0.1) is 11.3 Å². The van der Waals surface area contributed by atoms with Crippen LogP contribution in [0.5, 0.6) is 0 Å². The van der Waals surface area contributed by atoms with Gasteiger partial charge in [0.1, 0.15) is 8.42 Å². The van der Waals surface area contributed by atoms with Gasteiger partial charge in [-0.05, 0) is 26.0 Å². The van der Waals surface area contributed by atoms with Crippen LogP contribution in [-0.4, -0.2) is 66.2 Å². The SMILES string of the molecule is CCN[C@H]1CN(CCCOC)S(=O)(=O)c2sc(S(N)(=O)=O)cc21.CCO. The molecule has 0 saturated carbocycles. The van der Waals surface area contributed by atoms with Crippen LogP contribution < -0.4 is 10.5 Å². The van der Waals surface area contributed by atoms with Gasteiger partial charge in [0, 0.05) is 45.0 Å². The van der Waals surface area contributed by atoms with E-state index in [1.165, 1.54) is 10.4 Å². The Labute approximate surface area is 159 Å². The standard InChI is InChI=1S/C12H21N3O5S3.C2H6O/c1-3-14-10-8-15(5-4-6-20-2)23(18,19)12-9(10)7-11(21-12)22(13,16)17;1-2-3/h7,10,14H,3-6,8H2,1-2H3,(H2,13,16,17);3H,2H2,1H3/t10-;/m0./s1. The zero-order valence-electron chi connectivity index (χ0n) is 15.1. The summed E-state index contributed by atoms with van der Waals surface area (Å²) in [6, 6.07) is 1.11. The van der Waals surface area contributed by atoms with Crippen molar-refractivity contribution in [2.24, 2.45) is 5.14 Å². The van der Waals surface area contributed by atoms with Crippen molar-refractivity contribution >= 4 is 31.4 Å². The number of aliphatic hydroxyl groups is 1. The summed E-state index contributed by atoms with van der Waals surface area (Å²) in [7, 11) is -6.10. The number of sulfonamides is 2. The minimum Gasteiger partial charge on any atom is -0.397 e. The summed E-state index contributed by atoms with van der Waals surface area (Å²) in [5.41, 5.74) is 0.476. The molecule has 0 fully saturated rings. The van der Waals surface area contributed by atoms with Crippen molar-refractivity contribution in [1.82, 2.24) is 9.62 Å². The maximum Gasteiger partial charge on any atom is 0.252 e. The molecule has 2 heterocycles. The molecular weight excluding hydrogens is 402 g/mol. The Morgan fingerprint density at radius 1 is 1.46 bits per heavy atom. The van der Waals surface area contributed by atoms with Crippen molar-refractivity contribution in [3.05, 3.63) is 11.6 Å². The third-order valence-corrected chi connectivity index (χ3v) is 8.49. The lowest BCUT2D eigenvalue weighted by molar-refractivity contribution is 0.185. The molecule has 9 nitrogen and oxygen atoms in total. The number of thiophene rings is 1. The van der Waals surface area contributed by atoms with Crippen LogP contribution in [0.3, 0.4) is 0 Å². The molecule has 0 spiro atoms. The maximum atomic E-state index is 12.7. The average Bonchev–Trinajstić information content (AvgIpc) is 3.00. The van der Waals surface area contributed by atoms with Gasteiger partial charge in [0.2, 0.25) is 10.0 Å². The number of nitrogens with one attached hydrogen (secondary N) is 1. The van der Waals surface area contributed by atoms with E-state index < -0.39 is 20.0 Å². The molecule has 0 bridgehead atoms. The van der Waals surface area contributed by atoms with E-state index in [0.29, 0.717) is 43.0 Å². The number of ether oxygens (including phenoxy) is 1. The number of likely N-dealkylation sites (N-methyl/N-ethyl adjacent to an activating group) is 1. The number of nitrogens with zero attached hydrogens (tertiary/aromatic N) is 1. The molecule has 0 amide bonds. The van der Waals surface area contributed by atoms with Gasteiger partial charge in [0.15, 0.2) is 0 Å². The molecular formula is C14H27N3O6S3. The first-order valence-corrected chi connectivity index (χ1v) is 11.9. The Kier molecular flexibility index (Phi) is 9.09. The van der Waals surface area contributed by atoms with E-state index in [0.717, 1.165) is 0 Å². The predicted octanol–water partition coefficient (Wildman–Crippen LogP) is 0.0855. The summed E-state index contributed by atoms with van der Waals surface area (Å²) in [5, 5.41) is 15.9. The van der Waals surface area contributed by atoms with Crippen molar-refractivity contribution in [1.29, 1.82) is 0 Å². The third kappa shape index (κ3) is 5.70. The van der Waals surface area contributed by atoms with Crippen LogP contribution in [0.15, 0.2) is 14.5 Å². The van der Waals surface area contributed by atoms with Crippen molar-refractivity contribution in [2.75, 3.05) is 40.0 Å². The Balaban J connectivity index is 0.00000105. The second kappa shape index (κ2) is 10.1. The lowest BCUT2D eigenvalue weighted by atomic mass is 10.1. The van der Waals surface area contributed by atoms with Crippen molar-refractivity contribution in [3.63, 3.8) is 0 Å². The molecule has 2 rings (SSSR count). The van der Waals surface area contributed by atoms with Crippen LogP contribution in [0.4, 0.5) is 0 Å². The minimum atomic E-state index is -3.94. The lowest BCUT2D eigenvalue weighted by Crippen LogP contribution is -2.43. The Morgan fingerprint density at radius 2 is 2.08 bits per heavy atom.